The average molecular weight is 355 g/mol. The molecule has 118 valence electrons. The SMILES string of the molecule is CC(C)CNCc1cc(Br)ccc1N1CCOC(C)(C)C1. The lowest BCUT2D eigenvalue weighted by Crippen LogP contribution is -2.48. The number of hydrogen-bond donors (Lipinski definition) is 1. The number of nitrogens with one attached hydrogen (secondary N) is 1. The van der Waals surface area contributed by atoms with E-state index in [1.54, 1.807) is 0 Å². The van der Waals surface area contributed by atoms with Crippen LogP contribution in [0.1, 0.15) is 33.3 Å². The van der Waals surface area contributed by atoms with E-state index in [0.717, 1.165) is 37.3 Å². The molecule has 0 spiro atoms. The molecule has 1 aliphatic heterocycles. The van der Waals surface area contributed by atoms with Gasteiger partial charge in [0, 0.05) is 29.8 Å². The van der Waals surface area contributed by atoms with Gasteiger partial charge < -0.3 is 15.0 Å². The van der Waals surface area contributed by atoms with Gasteiger partial charge >= 0.3 is 0 Å². The normalized spacial score (nSPS) is 18.3. The summed E-state index contributed by atoms with van der Waals surface area (Å²) in [5.41, 5.74) is 2.60. The molecule has 0 atom stereocenters. The molecular formula is C17H27BrN2O. The molecule has 4 heteroatoms. The summed E-state index contributed by atoms with van der Waals surface area (Å²) in [6.45, 7) is 13.4. The van der Waals surface area contributed by atoms with E-state index >= 15 is 0 Å². The first-order chi connectivity index (χ1) is 9.87. The fourth-order valence-electron chi connectivity index (χ4n) is 2.72. The molecule has 0 bridgehead atoms. The van der Waals surface area contributed by atoms with Gasteiger partial charge in [0.25, 0.3) is 0 Å². The third-order valence-electron chi connectivity index (χ3n) is 3.68. The number of rotatable bonds is 5. The van der Waals surface area contributed by atoms with E-state index in [2.05, 4.69) is 72.0 Å². The third kappa shape index (κ3) is 4.97. The number of nitrogens with zero attached hydrogens (tertiary/aromatic N) is 1. The van der Waals surface area contributed by atoms with Crippen LogP contribution in [0.5, 0.6) is 0 Å². The Balaban J connectivity index is 2.14. The molecule has 0 saturated carbocycles. The molecule has 0 amide bonds. The Morgan fingerprint density at radius 1 is 1.38 bits per heavy atom. The van der Waals surface area contributed by atoms with Gasteiger partial charge in [-0.1, -0.05) is 29.8 Å². The van der Waals surface area contributed by atoms with Crippen molar-refractivity contribution >= 4 is 21.6 Å². The van der Waals surface area contributed by atoms with E-state index in [9.17, 15) is 0 Å². The number of hydrogen-bond acceptors (Lipinski definition) is 3. The quantitative estimate of drug-likeness (QED) is 0.869. The van der Waals surface area contributed by atoms with Crippen LogP contribution in [0.25, 0.3) is 0 Å². The fourth-order valence-corrected chi connectivity index (χ4v) is 3.13. The molecule has 1 N–H and O–H groups in total. The second kappa shape index (κ2) is 7.12. The van der Waals surface area contributed by atoms with Crippen molar-refractivity contribution in [2.45, 2.75) is 39.8 Å². The van der Waals surface area contributed by atoms with E-state index in [-0.39, 0.29) is 5.60 Å². The Bertz CT molecular complexity index is 474. The summed E-state index contributed by atoms with van der Waals surface area (Å²) in [6.07, 6.45) is 0. The third-order valence-corrected chi connectivity index (χ3v) is 4.17. The Labute approximate surface area is 137 Å². The van der Waals surface area contributed by atoms with Crippen LogP contribution in [0.15, 0.2) is 22.7 Å². The first-order valence-electron chi connectivity index (χ1n) is 7.75. The van der Waals surface area contributed by atoms with Gasteiger partial charge in [-0.3, -0.25) is 0 Å². The van der Waals surface area contributed by atoms with Crippen molar-refractivity contribution in [1.82, 2.24) is 5.32 Å². The highest BCUT2D eigenvalue weighted by Crippen LogP contribution is 2.28. The average Bonchev–Trinajstić information content (AvgIpc) is 2.37. The largest absolute Gasteiger partial charge is 0.372 e. The maximum atomic E-state index is 5.83. The topological polar surface area (TPSA) is 24.5 Å². The van der Waals surface area contributed by atoms with E-state index in [4.69, 9.17) is 4.74 Å². The van der Waals surface area contributed by atoms with Gasteiger partial charge in [-0.05, 0) is 50.1 Å². The van der Waals surface area contributed by atoms with Crippen LogP contribution < -0.4 is 10.2 Å². The van der Waals surface area contributed by atoms with E-state index < -0.39 is 0 Å². The van der Waals surface area contributed by atoms with Gasteiger partial charge in [0.1, 0.15) is 0 Å². The summed E-state index contributed by atoms with van der Waals surface area (Å²) in [7, 11) is 0. The highest BCUT2D eigenvalue weighted by Gasteiger charge is 2.28. The first kappa shape index (κ1) is 16.8. The number of halogens is 1. The Morgan fingerprint density at radius 2 is 2.14 bits per heavy atom. The molecular weight excluding hydrogens is 328 g/mol. The van der Waals surface area contributed by atoms with Gasteiger partial charge in [0.05, 0.1) is 12.2 Å². The van der Waals surface area contributed by atoms with Crippen molar-refractivity contribution in [3.8, 4) is 0 Å². The first-order valence-corrected chi connectivity index (χ1v) is 8.55. The van der Waals surface area contributed by atoms with Gasteiger partial charge in [-0.2, -0.15) is 0 Å². The lowest BCUT2D eigenvalue weighted by molar-refractivity contribution is -0.0277. The number of ether oxygens (including phenoxy) is 1. The number of anilines is 1. The van der Waals surface area contributed by atoms with Crippen molar-refractivity contribution in [1.29, 1.82) is 0 Å². The van der Waals surface area contributed by atoms with Crippen LogP contribution in [0.2, 0.25) is 0 Å². The predicted octanol–water partition coefficient (Wildman–Crippen LogP) is 3.81. The lowest BCUT2D eigenvalue weighted by Gasteiger charge is -2.40. The zero-order valence-corrected chi connectivity index (χ0v) is 15.2. The molecule has 21 heavy (non-hydrogen) atoms. The van der Waals surface area contributed by atoms with Crippen LogP contribution >= 0.6 is 15.9 Å². The molecule has 1 heterocycles. The monoisotopic (exact) mass is 354 g/mol. The summed E-state index contributed by atoms with van der Waals surface area (Å²) in [5, 5.41) is 3.55. The minimum atomic E-state index is -0.0754. The molecule has 1 saturated heterocycles. The number of benzene rings is 1. The number of morpholine rings is 1. The Kier molecular flexibility index (Phi) is 5.69. The van der Waals surface area contributed by atoms with Crippen molar-refractivity contribution in [2.24, 2.45) is 5.92 Å². The standard InChI is InChI=1S/C17H27BrN2O/c1-13(2)10-19-11-14-9-15(18)5-6-16(14)20-7-8-21-17(3,4)12-20/h5-6,9,13,19H,7-8,10-12H2,1-4H3. The van der Waals surface area contributed by atoms with E-state index in [1.165, 1.54) is 11.3 Å². The second-order valence-corrected chi connectivity index (χ2v) is 7.74. The fraction of sp³-hybridized carbons (Fsp3) is 0.647. The molecule has 1 aromatic rings. The van der Waals surface area contributed by atoms with Crippen LogP contribution in [-0.4, -0.2) is 31.8 Å². The van der Waals surface area contributed by atoms with Crippen molar-refractivity contribution in [3.05, 3.63) is 28.2 Å². The highest BCUT2D eigenvalue weighted by molar-refractivity contribution is 9.10. The summed E-state index contributed by atoms with van der Waals surface area (Å²) < 4.78 is 6.97. The Morgan fingerprint density at radius 3 is 2.81 bits per heavy atom. The van der Waals surface area contributed by atoms with Crippen molar-refractivity contribution < 1.29 is 4.74 Å². The van der Waals surface area contributed by atoms with Gasteiger partial charge in [-0.25, -0.2) is 0 Å². The maximum absolute atomic E-state index is 5.83. The molecule has 0 radical (unpaired) electrons. The summed E-state index contributed by atoms with van der Waals surface area (Å²) >= 11 is 3.59. The summed E-state index contributed by atoms with van der Waals surface area (Å²) in [4.78, 5) is 2.45. The minimum Gasteiger partial charge on any atom is -0.372 e. The molecule has 0 aromatic heterocycles. The lowest BCUT2D eigenvalue weighted by atomic mass is 10.0. The molecule has 3 nitrogen and oxygen atoms in total. The zero-order valence-electron chi connectivity index (χ0n) is 13.6. The van der Waals surface area contributed by atoms with Crippen LogP contribution in [0.3, 0.4) is 0 Å². The zero-order chi connectivity index (χ0) is 15.5. The van der Waals surface area contributed by atoms with Crippen molar-refractivity contribution in [3.63, 3.8) is 0 Å². The predicted molar refractivity (Wildman–Crippen MR) is 92.9 cm³/mol. The van der Waals surface area contributed by atoms with Crippen LogP contribution in [0, 0.1) is 5.92 Å². The molecule has 1 fully saturated rings. The minimum absolute atomic E-state index is 0.0754. The Hall–Kier alpha value is -0.580. The molecule has 2 rings (SSSR count). The van der Waals surface area contributed by atoms with Gasteiger partial charge in [0.2, 0.25) is 0 Å². The van der Waals surface area contributed by atoms with Crippen molar-refractivity contribution in [2.75, 3.05) is 31.1 Å². The summed E-state index contributed by atoms with van der Waals surface area (Å²) in [5.74, 6) is 0.669. The molecule has 1 aromatic carbocycles. The second-order valence-electron chi connectivity index (χ2n) is 6.83. The van der Waals surface area contributed by atoms with Gasteiger partial charge in [0.15, 0.2) is 0 Å². The highest BCUT2D eigenvalue weighted by atomic mass is 79.9. The maximum Gasteiger partial charge on any atom is 0.0801 e. The van der Waals surface area contributed by atoms with Crippen LogP contribution in [-0.2, 0) is 11.3 Å². The molecule has 0 aliphatic carbocycles. The smallest absolute Gasteiger partial charge is 0.0801 e. The van der Waals surface area contributed by atoms with Crippen LogP contribution in [0.4, 0.5) is 5.69 Å². The van der Waals surface area contributed by atoms with E-state index in [0.29, 0.717) is 5.92 Å². The van der Waals surface area contributed by atoms with E-state index in [1.807, 2.05) is 0 Å². The van der Waals surface area contributed by atoms with Gasteiger partial charge in [-0.15, -0.1) is 0 Å². The molecule has 1 aliphatic rings. The summed E-state index contributed by atoms with van der Waals surface area (Å²) in [6, 6.07) is 6.58. The molecule has 0 unspecified atom stereocenters.